The van der Waals surface area contributed by atoms with Gasteiger partial charge in [0, 0.05) is 17.8 Å². The van der Waals surface area contributed by atoms with Crippen LogP contribution in [-0.2, 0) is 16.4 Å². The Morgan fingerprint density at radius 3 is 2.21 bits per heavy atom. The Labute approximate surface area is 174 Å². The van der Waals surface area contributed by atoms with Crippen LogP contribution in [0.15, 0.2) is 36.4 Å². The number of sulfonamides is 1. The highest BCUT2D eigenvalue weighted by Crippen LogP contribution is 2.34. The molecule has 0 saturated carbocycles. The number of amides is 1. The number of rotatable bonds is 5. The van der Waals surface area contributed by atoms with Crippen LogP contribution in [0.1, 0.15) is 73.0 Å². The second kappa shape index (κ2) is 8.19. The Balaban J connectivity index is 1.96. The van der Waals surface area contributed by atoms with Gasteiger partial charge in [0.2, 0.25) is 10.0 Å². The molecule has 1 heterocycles. The predicted octanol–water partition coefficient (Wildman–Crippen LogP) is 4.90. The number of carbonyl (C=O) groups excluding carboxylic acids is 1. The van der Waals surface area contributed by atoms with Gasteiger partial charge in [0.1, 0.15) is 0 Å². The summed E-state index contributed by atoms with van der Waals surface area (Å²) in [6, 6.07) is 11.5. The van der Waals surface area contributed by atoms with E-state index in [-0.39, 0.29) is 17.7 Å². The summed E-state index contributed by atoms with van der Waals surface area (Å²) < 4.78 is 25.5. The minimum absolute atomic E-state index is 0.167. The third-order valence-corrected chi connectivity index (χ3v) is 6.61. The van der Waals surface area contributed by atoms with Crippen LogP contribution in [0, 0.1) is 0 Å². The van der Waals surface area contributed by atoms with Gasteiger partial charge in [0.05, 0.1) is 11.9 Å². The topological polar surface area (TPSA) is 66.5 Å². The molecule has 0 fully saturated rings. The summed E-state index contributed by atoms with van der Waals surface area (Å²) in [6.45, 7) is 8.96. The van der Waals surface area contributed by atoms with Gasteiger partial charge in [-0.1, -0.05) is 45.9 Å². The number of anilines is 2. The zero-order valence-corrected chi connectivity index (χ0v) is 18.6. The first-order valence-electron chi connectivity index (χ1n) is 10.1. The van der Waals surface area contributed by atoms with E-state index >= 15 is 0 Å². The van der Waals surface area contributed by atoms with Crippen LogP contribution in [0.25, 0.3) is 0 Å². The van der Waals surface area contributed by atoms with Crippen LogP contribution in [0.4, 0.5) is 11.4 Å². The third kappa shape index (κ3) is 4.47. The lowest BCUT2D eigenvalue weighted by molar-refractivity contribution is 0.102. The number of aryl methyl sites for hydroxylation is 1. The first-order chi connectivity index (χ1) is 13.6. The highest BCUT2D eigenvalue weighted by atomic mass is 32.2. The first kappa shape index (κ1) is 21.4. The SMILES string of the molecule is CC(C)c1cccc(C(C)C)c1NC(=O)c1ccc2c(c1)CCCN2S(C)(=O)=O. The van der Waals surface area contributed by atoms with Crippen molar-refractivity contribution in [3.8, 4) is 0 Å². The third-order valence-electron chi connectivity index (χ3n) is 5.43. The maximum Gasteiger partial charge on any atom is 0.255 e. The van der Waals surface area contributed by atoms with Gasteiger partial charge >= 0.3 is 0 Å². The van der Waals surface area contributed by atoms with E-state index in [0.29, 0.717) is 17.8 Å². The summed E-state index contributed by atoms with van der Waals surface area (Å²) in [4.78, 5) is 13.1. The van der Waals surface area contributed by atoms with E-state index < -0.39 is 10.0 Å². The van der Waals surface area contributed by atoms with Gasteiger partial charge < -0.3 is 5.32 Å². The summed E-state index contributed by atoms with van der Waals surface area (Å²) in [7, 11) is -3.32. The van der Waals surface area contributed by atoms with Gasteiger partial charge in [-0.2, -0.15) is 0 Å². The van der Waals surface area contributed by atoms with Crippen molar-refractivity contribution >= 4 is 27.3 Å². The van der Waals surface area contributed by atoms with Gasteiger partial charge in [-0.25, -0.2) is 8.42 Å². The Bertz CT molecular complexity index is 1000. The number of hydrogen-bond donors (Lipinski definition) is 1. The zero-order valence-electron chi connectivity index (χ0n) is 17.8. The quantitative estimate of drug-likeness (QED) is 0.757. The molecule has 6 heteroatoms. The van der Waals surface area contributed by atoms with Crippen molar-refractivity contribution in [2.45, 2.75) is 52.4 Å². The van der Waals surface area contributed by atoms with Crippen molar-refractivity contribution in [2.24, 2.45) is 0 Å². The minimum atomic E-state index is -3.32. The highest BCUT2D eigenvalue weighted by Gasteiger charge is 2.25. The van der Waals surface area contributed by atoms with Crippen molar-refractivity contribution in [2.75, 3.05) is 22.4 Å². The molecule has 5 nitrogen and oxygen atoms in total. The van der Waals surface area contributed by atoms with E-state index in [2.05, 4.69) is 45.1 Å². The largest absolute Gasteiger partial charge is 0.321 e. The van der Waals surface area contributed by atoms with Crippen LogP contribution in [0.5, 0.6) is 0 Å². The van der Waals surface area contributed by atoms with Crippen LogP contribution >= 0.6 is 0 Å². The number of nitrogens with one attached hydrogen (secondary N) is 1. The lowest BCUT2D eigenvalue weighted by Crippen LogP contribution is -2.34. The van der Waals surface area contributed by atoms with E-state index in [1.54, 1.807) is 12.1 Å². The second-order valence-corrected chi connectivity index (χ2v) is 10.3. The molecule has 0 bridgehead atoms. The molecule has 0 unspecified atom stereocenters. The molecular weight excluding hydrogens is 384 g/mol. The summed E-state index contributed by atoms with van der Waals surface area (Å²) in [6.07, 6.45) is 2.74. The summed E-state index contributed by atoms with van der Waals surface area (Å²) in [5.74, 6) is 0.408. The van der Waals surface area contributed by atoms with E-state index in [0.717, 1.165) is 35.2 Å². The zero-order chi connectivity index (χ0) is 21.3. The molecule has 0 saturated heterocycles. The molecule has 3 rings (SSSR count). The lowest BCUT2D eigenvalue weighted by atomic mass is 9.92. The number of nitrogens with zero attached hydrogens (tertiary/aromatic N) is 1. The predicted molar refractivity (Wildman–Crippen MR) is 120 cm³/mol. The van der Waals surface area contributed by atoms with Crippen LogP contribution in [0.3, 0.4) is 0 Å². The molecular formula is C23H30N2O3S. The van der Waals surface area contributed by atoms with Crippen molar-refractivity contribution in [1.82, 2.24) is 0 Å². The molecule has 0 spiro atoms. The fourth-order valence-electron chi connectivity index (χ4n) is 3.93. The van der Waals surface area contributed by atoms with E-state index in [1.165, 1.54) is 10.6 Å². The molecule has 0 aliphatic carbocycles. The highest BCUT2D eigenvalue weighted by molar-refractivity contribution is 7.92. The lowest BCUT2D eigenvalue weighted by Gasteiger charge is -2.29. The van der Waals surface area contributed by atoms with E-state index in [1.807, 2.05) is 12.1 Å². The number of fused-ring (bicyclic) bond motifs is 1. The van der Waals surface area contributed by atoms with Crippen molar-refractivity contribution < 1.29 is 13.2 Å². The maximum absolute atomic E-state index is 13.1. The van der Waals surface area contributed by atoms with Crippen LogP contribution in [-0.4, -0.2) is 27.1 Å². The standard InChI is InChI=1S/C23H30N2O3S/c1-15(2)19-9-6-10-20(16(3)4)22(19)24-23(26)18-11-12-21-17(14-18)8-7-13-25(21)29(5,27)28/h6,9-12,14-16H,7-8,13H2,1-5H3,(H,24,26). The Kier molecular flexibility index (Phi) is 6.03. The number of carbonyl (C=O) groups is 1. The smallest absolute Gasteiger partial charge is 0.255 e. The monoisotopic (exact) mass is 414 g/mol. The van der Waals surface area contributed by atoms with Gasteiger partial charge in [-0.05, 0) is 59.6 Å². The average molecular weight is 415 g/mol. The second-order valence-electron chi connectivity index (χ2n) is 8.36. The average Bonchev–Trinajstić information content (AvgIpc) is 2.66. The molecule has 2 aromatic carbocycles. The number of benzene rings is 2. The molecule has 0 atom stereocenters. The van der Waals surface area contributed by atoms with Gasteiger partial charge in [-0.3, -0.25) is 9.10 Å². The Hall–Kier alpha value is -2.34. The van der Waals surface area contributed by atoms with E-state index in [4.69, 9.17) is 0 Å². The number of hydrogen-bond acceptors (Lipinski definition) is 3. The van der Waals surface area contributed by atoms with Gasteiger partial charge in [-0.15, -0.1) is 0 Å². The molecule has 1 amide bonds. The molecule has 1 N–H and O–H groups in total. The molecule has 1 aliphatic heterocycles. The van der Waals surface area contributed by atoms with Crippen LogP contribution < -0.4 is 9.62 Å². The fourth-order valence-corrected chi connectivity index (χ4v) is 4.93. The van der Waals surface area contributed by atoms with Crippen LogP contribution in [0.2, 0.25) is 0 Å². The van der Waals surface area contributed by atoms with Gasteiger partial charge in [0.15, 0.2) is 0 Å². The molecule has 2 aromatic rings. The Morgan fingerprint density at radius 2 is 1.66 bits per heavy atom. The molecule has 1 aliphatic rings. The van der Waals surface area contributed by atoms with Crippen molar-refractivity contribution in [3.05, 3.63) is 58.7 Å². The van der Waals surface area contributed by atoms with Gasteiger partial charge in [0.25, 0.3) is 5.91 Å². The molecule has 156 valence electrons. The minimum Gasteiger partial charge on any atom is -0.321 e. The summed E-state index contributed by atoms with van der Waals surface area (Å²) >= 11 is 0. The molecule has 29 heavy (non-hydrogen) atoms. The summed E-state index contributed by atoms with van der Waals surface area (Å²) in [5.41, 5.74) is 5.25. The maximum atomic E-state index is 13.1. The summed E-state index contributed by atoms with van der Waals surface area (Å²) in [5, 5.41) is 3.14. The van der Waals surface area contributed by atoms with E-state index in [9.17, 15) is 13.2 Å². The molecule has 0 radical (unpaired) electrons. The normalized spacial score (nSPS) is 14.2. The van der Waals surface area contributed by atoms with Crippen molar-refractivity contribution in [3.63, 3.8) is 0 Å². The van der Waals surface area contributed by atoms with Crippen molar-refractivity contribution in [1.29, 1.82) is 0 Å². The molecule has 0 aromatic heterocycles. The number of para-hydroxylation sites is 1. The fraction of sp³-hybridized carbons (Fsp3) is 0.435. The first-order valence-corrected chi connectivity index (χ1v) is 12.0. The Morgan fingerprint density at radius 1 is 1.03 bits per heavy atom.